The highest BCUT2D eigenvalue weighted by Gasteiger charge is 2.04. The summed E-state index contributed by atoms with van der Waals surface area (Å²) in [5.74, 6) is 1.43. The molecular formula is C19H34IN3O3. The van der Waals surface area contributed by atoms with Crippen molar-refractivity contribution in [2.75, 3.05) is 32.9 Å². The number of rotatable bonds is 12. The van der Waals surface area contributed by atoms with E-state index in [0.717, 1.165) is 57.1 Å². The fourth-order valence-electron chi connectivity index (χ4n) is 2.17. The molecule has 0 unspecified atom stereocenters. The lowest BCUT2D eigenvalue weighted by Crippen LogP contribution is -2.38. The first-order chi connectivity index (χ1) is 12.2. The number of hydrogen-bond acceptors (Lipinski definition) is 4. The Morgan fingerprint density at radius 3 is 2.58 bits per heavy atom. The van der Waals surface area contributed by atoms with E-state index >= 15 is 0 Å². The van der Waals surface area contributed by atoms with E-state index in [1.54, 1.807) is 6.07 Å². The first kappa shape index (κ1) is 24.8. The molecule has 0 aromatic heterocycles. The number of hydrogen-bond donors (Lipinski definition) is 3. The standard InChI is InChI=1S/C19H33N3O3.HI/c1-4-7-12-24-13-8-11-21-19(20-5-2)22-15-16-9-10-17(23)18(14-16)25-6-3;/h9-10,14,23H,4-8,11-13,15H2,1-3H3,(H2,20,21,22);1H. The third kappa shape index (κ3) is 10.7. The van der Waals surface area contributed by atoms with Gasteiger partial charge in [-0.3, -0.25) is 0 Å². The molecule has 0 radical (unpaired) electrons. The van der Waals surface area contributed by atoms with E-state index in [-0.39, 0.29) is 29.7 Å². The molecular weight excluding hydrogens is 445 g/mol. The molecule has 0 aliphatic rings. The topological polar surface area (TPSA) is 75.1 Å². The second-order valence-corrected chi connectivity index (χ2v) is 5.68. The van der Waals surface area contributed by atoms with E-state index in [9.17, 15) is 5.11 Å². The number of unbranched alkanes of at least 4 members (excludes halogenated alkanes) is 1. The van der Waals surface area contributed by atoms with Crippen molar-refractivity contribution in [1.29, 1.82) is 0 Å². The zero-order valence-corrected chi connectivity index (χ0v) is 18.5. The SMILES string of the molecule is CCCCOCCCNC(=NCc1ccc(O)c(OCC)c1)NCC.I. The molecule has 0 heterocycles. The fraction of sp³-hybridized carbons (Fsp3) is 0.632. The Kier molecular flexibility index (Phi) is 15.2. The minimum atomic E-state index is 0. The molecule has 6 nitrogen and oxygen atoms in total. The van der Waals surface area contributed by atoms with Crippen LogP contribution in [0.2, 0.25) is 0 Å². The van der Waals surface area contributed by atoms with Gasteiger partial charge in [-0.05, 0) is 44.4 Å². The highest BCUT2D eigenvalue weighted by atomic mass is 127. The van der Waals surface area contributed by atoms with Crippen LogP contribution in [-0.4, -0.2) is 44.0 Å². The third-order valence-electron chi connectivity index (χ3n) is 3.49. The van der Waals surface area contributed by atoms with Gasteiger partial charge in [-0.2, -0.15) is 0 Å². The molecule has 0 fully saturated rings. The number of ether oxygens (including phenoxy) is 2. The van der Waals surface area contributed by atoms with Crippen molar-refractivity contribution in [1.82, 2.24) is 10.6 Å². The Hall–Kier alpha value is -1.22. The summed E-state index contributed by atoms with van der Waals surface area (Å²) in [6.07, 6.45) is 3.23. The lowest BCUT2D eigenvalue weighted by molar-refractivity contribution is 0.129. The van der Waals surface area contributed by atoms with Gasteiger partial charge in [-0.1, -0.05) is 19.4 Å². The third-order valence-corrected chi connectivity index (χ3v) is 3.49. The van der Waals surface area contributed by atoms with Crippen LogP contribution in [0.15, 0.2) is 23.2 Å². The summed E-state index contributed by atoms with van der Waals surface area (Å²) in [4.78, 5) is 4.58. The molecule has 0 aliphatic heterocycles. The number of aliphatic imine (C=N–C) groups is 1. The average Bonchev–Trinajstić information content (AvgIpc) is 2.61. The van der Waals surface area contributed by atoms with Crippen LogP contribution in [0.5, 0.6) is 11.5 Å². The Balaban J connectivity index is 0.00000625. The molecule has 3 N–H and O–H groups in total. The number of benzene rings is 1. The summed E-state index contributed by atoms with van der Waals surface area (Å²) in [6, 6.07) is 5.32. The molecule has 0 aliphatic carbocycles. The summed E-state index contributed by atoms with van der Waals surface area (Å²) >= 11 is 0. The Morgan fingerprint density at radius 1 is 1.12 bits per heavy atom. The van der Waals surface area contributed by atoms with E-state index in [1.165, 1.54) is 0 Å². The highest BCUT2D eigenvalue weighted by molar-refractivity contribution is 14.0. The van der Waals surface area contributed by atoms with Crippen LogP contribution in [0.25, 0.3) is 0 Å². The van der Waals surface area contributed by atoms with Crippen LogP contribution >= 0.6 is 24.0 Å². The Bertz CT molecular complexity index is 513. The molecule has 1 aromatic rings. The number of guanidine groups is 1. The maximum atomic E-state index is 9.75. The summed E-state index contributed by atoms with van der Waals surface area (Å²) in [7, 11) is 0. The maximum Gasteiger partial charge on any atom is 0.191 e. The molecule has 0 amide bonds. The first-order valence-corrected chi connectivity index (χ1v) is 9.25. The van der Waals surface area contributed by atoms with Crippen LogP contribution in [0, 0.1) is 0 Å². The van der Waals surface area contributed by atoms with Crippen molar-refractivity contribution >= 4 is 29.9 Å². The van der Waals surface area contributed by atoms with Gasteiger partial charge < -0.3 is 25.2 Å². The number of phenols is 1. The molecule has 0 saturated carbocycles. The fourth-order valence-corrected chi connectivity index (χ4v) is 2.17. The molecule has 7 heteroatoms. The monoisotopic (exact) mass is 479 g/mol. The van der Waals surface area contributed by atoms with Gasteiger partial charge in [0, 0.05) is 26.3 Å². The van der Waals surface area contributed by atoms with Crippen LogP contribution < -0.4 is 15.4 Å². The normalized spacial score (nSPS) is 11.0. The number of aromatic hydroxyl groups is 1. The van der Waals surface area contributed by atoms with Crippen molar-refractivity contribution in [3.63, 3.8) is 0 Å². The molecule has 150 valence electrons. The number of nitrogens with zero attached hydrogens (tertiary/aromatic N) is 1. The first-order valence-electron chi connectivity index (χ1n) is 9.25. The van der Waals surface area contributed by atoms with E-state index in [0.29, 0.717) is 18.9 Å². The summed E-state index contributed by atoms with van der Waals surface area (Å²) in [6.45, 7) is 10.4. The largest absolute Gasteiger partial charge is 0.504 e. The van der Waals surface area contributed by atoms with E-state index in [2.05, 4.69) is 22.5 Å². The van der Waals surface area contributed by atoms with Gasteiger partial charge in [-0.15, -0.1) is 24.0 Å². The van der Waals surface area contributed by atoms with Gasteiger partial charge in [0.1, 0.15) is 0 Å². The van der Waals surface area contributed by atoms with Crippen molar-refractivity contribution < 1.29 is 14.6 Å². The highest BCUT2D eigenvalue weighted by Crippen LogP contribution is 2.27. The van der Waals surface area contributed by atoms with Gasteiger partial charge in [-0.25, -0.2) is 4.99 Å². The summed E-state index contributed by atoms with van der Waals surface area (Å²) < 4.78 is 11.0. The molecule has 0 bridgehead atoms. The zero-order chi connectivity index (χ0) is 18.3. The minimum absolute atomic E-state index is 0. The van der Waals surface area contributed by atoms with Gasteiger partial charge in [0.15, 0.2) is 17.5 Å². The smallest absolute Gasteiger partial charge is 0.191 e. The van der Waals surface area contributed by atoms with Gasteiger partial charge in [0.05, 0.1) is 13.2 Å². The maximum absolute atomic E-state index is 9.75. The predicted octanol–water partition coefficient (Wildman–Crippen LogP) is 3.67. The summed E-state index contributed by atoms with van der Waals surface area (Å²) in [5, 5.41) is 16.3. The van der Waals surface area contributed by atoms with E-state index < -0.39 is 0 Å². The zero-order valence-electron chi connectivity index (χ0n) is 16.2. The van der Waals surface area contributed by atoms with Crippen LogP contribution in [0.3, 0.4) is 0 Å². The second kappa shape index (κ2) is 16.0. The lowest BCUT2D eigenvalue weighted by atomic mass is 10.2. The molecule has 1 aromatic carbocycles. The molecule has 0 saturated heterocycles. The number of phenolic OH excluding ortho intramolecular Hbond substituents is 1. The van der Waals surface area contributed by atoms with Crippen molar-refractivity contribution in [3.05, 3.63) is 23.8 Å². The minimum Gasteiger partial charge on any atom is -0.504 e. The van der Waals surface area contributed by atoms with Crippen LogP contribution in [-0.2, 0) is 11.3 Å². The quantitative estimate of drug-likeness (QED) is 0.185. The molecule has 26 heavy (non-hydrogen) atoms. The summed E-state index contributed by atoms with van der Waals surface area (Å²) in [5.41, 5.74) is 0.987. The molecule has 0 spiro atoms. The van der Waals surface area contributed by atoms with Crippen molar-refractivity contribution in [3.8, 4) is 11.5 Å². The Morgan fingerprint density at radius 2 is 1.88 bits per heavy atom. The van der Waals surface area contributed by atoms with Crippen LogP contribution in [0.1, 0.15) is 45.6 Å². The molecule has 1 rings (SSSR count). The average molecular weight is 479 g/mol. The van der Waals surface area contributed by atoms with Crippen molar-refractivity contribution in [2.45, 2.75) is 46.6 Å². The van der Waals surface area contributed by atoms with E-state index in [1.807, 2.05) is 26.0 Å². The van der Waals surface area contributed by atoms with Gasteiger partial charge >= 0.3 is 0 Å². The Labute approximate surface area is 174 Å². The second-order valence-electron chi connectivity index (χ2n) is 5.68. The molecule has 0 atom stereocenters. The van der Waals surface area contributed by atoms with Crippen molar-refractivity contribution in [2.24, 2.45) is 4.99 Å². The lowest BCUT2D eigenvalue weighted by Gasteiger charge is -2.12. The number of halogens is 1. The van der Waals surface area contributed by atoms with E-state index in [4.69, 9.17) is 9.47 Å². The van der Waals surface area contributed by atoms with Crippen LogP contribution in [0.4, 0.5) is 0 Å². The number of nitrogens with one attached hydrogen (secondary N) is 2. The van der Waals surface area contributed by atoms with Gasteiger partial charge in [0.25, 0.3) is 0 Å². The predicted molar refractivity (Wildman–Crippen MR) is 118 cm³/mol. The van der Waals surface area contributed by atoms with Gasteiger partial charge in [0.2, 0.25) is 0 Å².